The molecule has 0 aliphatic rings. The van der Waals surface area contributed by atoms with Gasteiger partial charge in [0.25, 0.3) is 5.91 Å². The summed E-state index contributed by atoms with van der Waals surface area (Å²) in [6, 6.07) is 13.7. The van der Waals surface area contributed by atoms with Crippen LogP contribution in [0.4, 0.5) is 0 Å². The number of para-hydroxylation sites is 1. The van der Waals surface area contributed by atoms with Crippen LogP contribution in [0.3, 0.4) is 0 Å². The number of carbonyl (C=O) groups excluding carboxylic acids is 2. The Hall–Kier alpha value is -2.90. The van der Waals surface area contributed by atoms with Gasteiger partial charge in [0, 0.05) is 24.0 Å². The molecule has 0 aliphatic heterocycles. The largest absolute Gasteiger partial charge is 0.507 e. The minimum atomic E-state index is -0.392. The monoisotopic (exact) mass is 415 g/mol. The predicted octanol–water partition coefficient (Wildman–Crippen LogP) is 3.26. The number of halogens is 1. The molecule has 3 N–H and O–H groups in total. The number of phenolic OH excluding ortho intramolecular Hbond substituents is 1. The molecule has 8 heteroatoms. The zero-order chi connectivity index (χ0) is 19.9. The van der Waals surface area contributed by atoms with Crippen molar-refractivity contribution in [1.29, 1.82) is 0 Å². The van der Waals surface area contributed by atoms with E-state index in [1.807, 2.05) is 23.6 Å². The smallest absolute Gasteiger partial charge is 0.255 e. The molecular formula is C20H18ClN3O3S. The first-order valence-corrected chi connectivity index (χ1v) is 9.82. The molecule has 0 unspecified atom stereocenters. The number of hydrogen-bond acceptors (Lipinski definition) is 5. The fourth-order valence-corrected chi connectivity index (χ4v) is 3.65. The van der Waals surface area contributed by atoms with Crippen LogP contribution in [0.1, 0.15) is 16.1 Å². The molecule has 144 valence electrons. The van der Waals surface area contributed by atoms with E-state index in [1.54, 1.807) is 18.2 Å². The first-order valence-electron chi connectivity index (χ1n) is 8.57. The van der Waals surface area contributed by atoms with Crippen LogP contribution in [0, 0.1) is 0 Å². The van der Waals surface area contributed by atoms with Crippen molar-refractivity contribution in [2.75, 3.05) is 13.1 Å². The second-order valence-corrected chi connectivity index (χ2v) is 7.19. The Morgan fingerprint density at radius 2 is 1.75 bits per heavy atom. The van der Waals surface area contributed by atoms with E-state index in [-0.39, 0.29) is 36.7 Å². The van der Waals surface area contributed by atoms with Crippen molar-refractivity contribution in [2.24, 2.45) is 0 Å². The third kappa shape index (κ3) is 5.09. The highest BCUT2D eigenvalue weighted by molar-refractivity contribution is 7.13. The quantitative estimate of drug-likeness (QED) is 0.516. The summed E-state index contributed by atoms with van der Waals surface area (Å²) in [5.74, 6) is -0.661. The average molecular weight is 416 g/mol. The number of phenols is 1. The summed E-state index contributed by atoms with van der Waals surface area (Å²) in [4.78, 5) is 28.5. The van der Waals surface area contributed by atoms with Gasteiger partial charge in [0.15, 0.2) is 0 Å². The van der Waals surface area contributed by atoms with Gasteiger partial charge in [-0.1, -0.05) is 41.9 Å². The average Bonchev–Trinajstić information content (AvgIpc) is 3.14. The summed E-state index contributed by atoms with van der Waals surface area (Å²) in [6.45, 7) is 0.528. The zero-order valence-electron chi connectivity index (χ0n) is 14.8. The highest BCUT2D eigenvalue weighted by Gasteiger charge is 2.12. The molecule has 0 aliphatic carbocycles. The molecule has 6 nitrogen and oxygen atoms in total. The van der Waals surface area contributed by atoms with Crippen molar-refractivity contribution in [3.05, 3.63) is 70.2 Å². The summed E-state index contributed by atoms with van der Waals surface area (Å²) in [7, 11) is 0. The lowest BCUT2D eigenvalue weighted by molar-refractivity contribution is -0.120. The Bertz CT molecular complexity index is 990. The van der Waals surface area contributed by atoms with Gasteiger partial charge < -0.3 is 15.7 Å². The maximum absolute atomic E-state index is 12.1. The van der Waals surface area contributed by atoms with Gasteiger partial charge >= 0.3 is 0 Å². The number of hydrogen-bond donors (Lipinski definition) is 3. The van der Waals surface area contributed by atoms with Crippen molar-refractivity contribution < 1.29 is 14.7 Å². The van der Waals surface area contributed by atoms with Gasteiger partial charge in [0.05, 0.1) is 22.7 Å². The zero-order valence-corrected chi connectivity index (χ0v) is 16.4. The van der Waals surface area contributed by atoms with E-state index in [0.29, 0.717) is 10.7 Å². The Balaban J connectivity index is 1.45. The molecule has 3 rings (SSSR count). The molecule has 0 spiro atoms. The van der Waals surface area contributed by atoms with Crippen LogP contribution in [-0.2, 0) is 11.2 Å². The van der Waals surface area contributed by atoms with Crippen LogP contribution in [0.25, 0.3) is 10.6 Å². The van der Waals surface area contributed by atoms with Crippen molar-refractivity contribution in [3.8, 4) is 16.3 Å². The van der Waals surface area contributed by atoms with E-state index in [0.717, 1.165) is 10.6 Å². The van der Waals surface area contributed by atoms with Crippen molar-refractivity contribution in [1.82, 2.24) is 15.6 Å². The second kappa shape index (κ2) is 9.34. The SMILES string of the molecule is O=C(Cc1csc(-c2ccccc2Cl)n1)NCCNC(=O)c1ccccc1O. The lowest BCUT2D eigenvalue weighted by atomic mass is 10.2. The molecule has 0 fully saturated rings. The van der Waals surface area contributed by atoms with Crippen molar-refractivity contribution >= 4 is 34.8 Å². The summed E-state index contributed by atoms with van der Waals surface area (Å²) in [5.41, 5.74) is 1.70. The molecule has 28 heavy (non-hydrogen) atoms. The number of rotatable bonds is 7. The minimum Gasteiger partial charge on any atom is -0.507 e. The number of nitrogens with one attached hydrogen (secondary N) is 2. The normalized spacial score (nSPS) is 10.5. The minimum absolute atomic E-state index is 0.0816. The van der Waals surface area contributed by atoms with E-state index in [1.165, 1.54) is 23.5 Å². The molecule has 0 radical (unpaired) electrons. The lowest BCUT2D eigenvalue weighted by Gasteiger charge is -2.07. The molecule has 0 saturated carbocycles. The fourth-order valence-electron chi connectivity index (χ4n) is 2.51. The molecule has 0 bridgehead atoms. The van der Waals surface area contributed by atoms with Crippen molar-refractivity contribution in [3.63, 3.8) is 0 Å². The maximum atomic E-state index is 12.1. The van der Waals surface area contributed by atoms with E-state index in [4.69, 9.17) is 11.6 Å². The van der Waals surface area contributed by atoms with Crippen LogP contribution in [0.5, 0.6) is 5.75 Å². The second-order valence-electron chi connectivity index (χ2n) is 5.92. The number of aromatic nitrogens is 1. The van der Waals surface area contributed by atoms with Crippen LogP contribution in [0.2, 0.25) is 5.02 Å². The molecule has 1 heterocycles. The molecule has 2 aromatic carbocycles. The van der Waals surface area contributed by atoms with Gasteiger partial charge in [-0.3, -0.25) is 9.59 Å². The highest BCUT2D eigenvalue weighted by Crippen LogP contribution is 2.30. The third-order valence-electron chi connectivity index (χ3n) is 3.88. The summed E-state index contributed by atoms with van der Waals surface area (Å²) in [6.07, 6.45) is 0.147. The van der Waals surface area contributed by atoms with Crippen LogP contribution < -0.4 is 10.6 Å². The van der Waals surface area contributed by atoms with E-state index in [9.17, 15) is 14.7 Å². The van der Waals surface area contributed by atoms with Crippen LogP contribution in [0.15, 0.2) is 53.9 Å². The van der Waals surface area contributed by atoms with Gasteiger partial charge in [-0.2, -0.15) is 0 Å². The van der Waals surface area contributed by atoms with Gasteiger partial charge in [-0.15, -0.1) is 11.3 Å². The van der Waals surface area contributed by atoms with Gasteiger partial charge in [0.2, 0.25) is 5.91 Å². The molecule has 2 amide bonds. The Morgan fingerprint density at radius 3 is 2.54 bits per heavy atom. The number of thiazole rings is 1. The highest BCUT2D eigenvalue weighted by atomic mass is 35.5. The number of aromatic hydroxyl groups is 1. The summed E-state index contributed by atoms with van der Waals surface area (Å²) >= 11 is 7.61. The molecular weight excluding hydrogens is 398 g/mol. The van der Waals surface area contributed by atoms with Gasteiger partial charge in [-0.25, -0.2) is 4.98 Å². The maximum Gasteiger partial charge on any atom is 0.255 e. The molecule has 3 aromatic rings. The van der Waals surface area contributed by atoms with Gasteiger partial charge in [0.1, 0.15) is 10.8 Å². The fraction of sp³-hybridized carbons (Fsp3) is 0.150. The predicted molar refractivity (Wildman–Crippen MR) is 110 cm³/mol. The van der Waals surface area contributed by atoms with Gasteiger partial charge in [-0.05, 0) is 18.2 Å². The standard InChI is InChI=1S/C20H18ClN3O3S/c21-16-7-3-1-5-14(16)20-24-13(12-28-20)11-18(26)22-9-10-23-19(27)15-6-2-4-8-17(15)25/h1-8,12,25H,9-11H2,(H,22,26)(H,23,27). The Morgan fingerprint density at radius 1 is 1.04 bits per heavy atom. The third-order valence-corrected chi connectivity index (χ3v) is 5.13. The first kappa shape index (κ1) is 19.9. The number of carbonyl (C=O) groups is 2. The number of amides is 2. The topological polar surface area (TPSA) is 91.3 Å². The molecule has 0 saturated heterocycles. The first-order chi connectivity index (χ1) is 13.5. The van der Waals surface area contributed by atoms with Crippen LogP contribution >= 0.6 is 22.9 Å². The molecule has 1 aromatic heterocycles. The van der Waals surface area contributed by atoms with E-state index in [2.05, 4.69) is 15.6 Å². The van der Waals surface area contributed by atoms with E-state index < -0.39 is 5.91 Å². The van der Waals surface area contributed by atoms with Crippen LogP contribution in [-0.4, -0.2) is 35.0 Å². The van der Waals surface area contributed by atoms with E-state index >= 15 is 0 Å². The Labute approximate surface area is 171 Å². The molecule has 0 atom stereocenters. The van der Waals surface area contributed by atoms with Crippen molar-refractivity contribution in [2.45, 2.75) is 6.42 Å². The summed E-state index contributed by atoms with van der Waals surface area (Å²) < 4.78 is 0. The lowest BCUT2D eigenvalue weighted by Crippen LogP contribution is -2.35. The summed E-state index contributed by atoms with van der Waals surface area (Å²) in [5, 5.41) is 18.2. The number of benzene rings is 2. The Kier molecular flexibility index (Phi) is 6.62. The number of nitrogens with zero attached hydrogens (tertiary/aromatic N) is 1.